The zero-order chi connectivity index (χ0) is 14.2. The monoisotopic (exact) mass is 286 g/mol. The molecule has 6 heteroatoms. The first kappa shape index (κ1) is 14.3. The summed E-state index contributed by atoms with van der Waals surface area (Å²) in [5.41, 5.74) is 6.15. The van der Waals surface area contributed by atoms with Crippen molar-refractivity contribution in [2.75, 3.05) is 18.8 Å². The van der Waals surface area contributed by atoms with Gasteiger partial charge in [-0.3, -0.25) is 0 Å². The van der Waals surface area contributed by atoms with Gasteiger partial charge in [-0.15, -0.1) is 0 Å². The van der Waals surface area contributed by atoms with Crippen molar-refractivity contribution in [2.24, 2.45) is 5.92 Å². The van der Waals surface area contributed by atoms with Crippen molar-refractivity contribution in [3.05, 3.63) is 23.5 Å². The standard InChI is InChI=1S/C13H19FN2O2S/c1-3-10-4-5-16(8-10)19(17,18)12-7-11(15)6-9(2)13(12)14/h6-7,10H,3-5,8,15H2,1-2H3. The molecule has 1 unspecified atom stereocenters. The van der Waals surface area contributed by atoms with Crippen molar-refractivity contribution in [2.45, 2.75) is 31.6 Å². The molecular weight excluding hydrogens is 267 g/mol. The number of hydrogen-bond donors (Lipinski definition) is 1. The predicted octanol–water partition coefficient (Wildman–Crippen LogP) is 2.14. The zero-order valence-corrected chi connectivity index (χ0v) is 12.0. The number of rotatable bonds is 3. The molecule has 0 amide bonds. The van der Waals surface area contributed by atoms with E-state index in [-0.39, 0.29) is 16.1 Å². The average molecular weight is 286 g/mol. The van der Waals surface area contributed by atoms with Crippen molar-refractivity contribution < 1.29 is 12.8 Å². The number of anilines is 1. The van der Waals surface area contributed by atoms with Crippen LogP contribution in [0.4, 0.5) is 10.1 Å². The molecule has 1 aromatic carbocycles. The largest absolute Gasteiger partial charge is 0.399 e. The Morgan fingerprint density at radius 3 is 2.74 bits per heavy atom. The van der Waals surface area contributed by atoms with Crippen LogP contribution in [0.25, 0.3) is 0 Å². The molecule has 1 aromatic rings. The summed E-state index contributed by atoms with van der Waals surface area (Å²) < 4.78 is 40.3. The highest BCUT2D eigenvalue weighted by Gasteiger charge is 2.34. The Hall–Kier alpha value is -1.14. The molecular formula is C13H19FN2O2S. The van der Waals surface area contributed by atoms with Crippen LogP contribution in [0.2, 0.25) is 0 Å². The van der Waals surface area contributed by atoms with E-state index in [1.807, 2.05) is 6.92 Å². The van der Waals surface area contributed by atoms with Gasteiger partial charge in [0, 0.05) is 18.8 Å². The molecule has 0 radical (unpaired) electrons. The predicted molar refractivity (Wildman–Crippen MR) is 72.7 cm³/mol. The Bertz CT molecular complexity index is 587. The summed E-state index contributed by atoms with van der Waals surface area (Å²) in [5, 5.41) is 0. The van der Waals surface area contributed by atoms with Gasteiger partial charge in [-0.1, -0.05) is 13.3 Å². The molecule has 0 aromatic heterocycles. The van der Waals surface area contributed by atoms with Gasteiger partial charge < -0.3 is 5.73 Å². The molecule has 1 saturated heterocycles. The molecule has 0 saturated carbocycles. The van der Waals surface area contributed by atoms with Gasteiger partial charge in [-0.05, 0) is 37.0 Å². The summed E-state index contributed by atoms with van der Waals surface area (Å²) in [6.45, 7) is 4.47. The molecule has 1 fully saturated rings. The van der Waals surface area contributed by atoms with Gasteiger partial charge in [0.15, 0.2) is 0 Å². The molecule has 1 aliphatic rings. The van der Waals surface area contributed by atoms with Gasteiger partial charge in [-0.2, -0.15) is 4.31 Å². The van der Waals surface area contributed by atoms with E-state index in [4.69, 9.17) is 5.73 Å². The third kappa shape index (κ3) is 2.60. The van der Waals surface area contributed by atoms with Crippen LogP contribution >= 0.6 is 0 Å². The molecule has 4 nitrogen and oxygen atoms in total. The maximum absolute atomic E-state index is 14.0. The fourth-order valence-electron chi connectivity index (χ4n) is 2.44. The second kappa shape index (κ2) is 5.09. The fraction of sp³-hybridized carbons (Fsp3) is 0.538. The topological polar surface area (TPSA) is 63.4 Å². The smallest absolute Gasteiger partial charge is 0.246 e. The quantitative estimate of drug-likeness (QED) is 0.866. The molecule has 1 heterocycles. The number of benzene rings is 1. The second-order valence-electron chi connectivity index (χ2n) is 5.08. The molecule has 2 N–H and O–H groups in total. The third-order valence-electron chi connectivity index (χ3n) is 3.69. The van der Waals surface area contributed by atoms with E-state index in [2.05, 4.69) is 0 Å². The summed E-state index contributed by atoms with van der Waals surface area (Å²) in [6, 6.07) is 2.64. The number of nitrogen functional groups attached to an aromatic ring is 1. The number of nitrogens with two attached hydrogens (primary N) is 1. The fourth-order valence-corrected chi connectivity index (χ4v) is 4.14. The van der Waals surface area contributed by atoms with Crippen molar-refractivity contribution in [1.82, 2.24) is 4.31 Å². The van der Waals surface area contributed by atoms with Gasteiger partial charge >= 0.3 is 0 Å². The number of hydrogen-bond acceptors (Lipinski definition) is 3. The Labute approximate surface area is 113 Å². The second-order valence-corrected chi connectivity index (χ2v) is 6.98. The van der Waals surface area contributed by atoms with Gasteiger partial charge in [0.2, 0.25) is 10.0 Å². The van der Waals surface area contributed by atoms with E-state index in [0.717, 1.165) is 12.8 Å². The van der Waals surface area contributed by atoms with E-state index in [1.165, 1.54) is 23.4 Å². The minimum absolute atomic E-state index is 0.254. The van der Waals surface area contributed by atoms with Crippen LogP contribution in [0, 0.1) is 18.7 Å². The summed E-state index contributed by atoms with van der Waals surface area (Å²) >= 11 is 0. The van der Waals surface area contributed by atoms with Crippen LogP contribution in [0.15, 0.2) is 17.0 Å². The number of sulfonamides is 1. The Balaban J connectivity index is 2.41. The van der Waals surface area contributed by atoms with Gasteiger partial charge in [0.05, 0.1) is 0 Å². The van der Waals surface area contributed by atoms with Crippen molar-refractivity contribution >= 4 is 15.7 Å². The number of aryl methyl sites for hydroxylation is 1. The van der Waals surface area contributed by atoms with Crippen LogP contribution in [-0.2, 0) is 10.0 Å². The maximum atomic E-state index is 14.0. The highest BCUT2D eigenvalue weighted by atomic mass is 32.2. The highest BCUT2D eigenvalue weighted by molar-refractivity contribution is 7.89. The third-order valence-corrected chi connectivity index (χ3v) is 5.55. The van der Waals surface area contributed by atoms with Crippen LogP contribution in [-0.4, -0.2) is 25.8 Å². The van der Waals surface area contributed by atoms with Crippen LogP contribution in [0.1, 0.15) is 25.3 Å². The number of halogens is 1. The zero-order valence-electron chi connectivity index (χ0n) is 11.2. The lowest BCUT2D eigenvalue weighted by atomic mass is 10.1. The lowest BCUT2D eigenvalue weighted by molar-refractivity contribution is 0.447. The minimum atomic E-state index is -3.78. The van der Waals surface area contributed by atoms with E-state index in [1.54, 1.807) is 0 Å². The number of nitrogens with zero attached hydrogens (tertiary/aromatic N) is 1. The highest BCUT2D eigenvalue weighted by Crippen LogP contribution is 2.29. The van der Waals surface area contributed by atoms with Crippen molar-refractivity contribution in [3.8, 4) is 0 Å². The Morgan fingerprint density at radius 2 is 2.16 bits per heavy atom. The van der Waals surface area contributed by atoms with E-state index in [0.29, 0.717) is 19.0 Å². The van der Waals surface area contributed by atoms with E-state index in [9.17, 15) is 12.8 Å². The van der Waals surface area contributed by atoms with Crippen LogP contribution in [0.5, 0.6) is 0 Å². The molecule has 106 valence electrons. The van der Waals surface area contributed by atoms with Crippen LogP contribution in [0.3, 0.4) is 0 Å². The van der Waals surface area contributed by atoms with Crippen molar-refractivity contribution in [3.63, 3.8) is 0 Å². The first-order chi connectivity index (χ1) is 8.86. The van der Waals surface area contributed by atoms with Gasteiger partial charge in [0.1, 0.15) is 10.7 Å². The lowest BCUT2D eigenvalue weighted by Gasteiger charge is -2.18. The maximum Gasteiger partial charge on any atom is 0.246 e. The first-order valence-electron chi connectivity index (χ1n) is 6.42. The van der Waals surface area contributed by atoms with Crippen LogP contribution < -0.4 is 5.73 Å². The lowest BCUT2D eigenvalue weighted by Crippen LogP contribution is -2.29. The summed E-state index contributed by atoms with van der Waals surface area (Å²) in [5.74, 6) is -0.339. The van der Waals surface area contributed by atoms with Gasteiger partial charge in [0.25, 0.3) is 0 Å². The Morgan fingerprint density at radius 1 is 1.47 bits per heavy atom. The van der Waals surface area contributed by atoms with E-state index >= 15 is 0 Å². The van der Waals surface area contributed by atoms with Crippen molar-refractivity contribution in [1.29, 1.82) is 0 Å². The molecule has 1 aliphatic heterocycles. The molecule has 0 aliphatic carbocycles. The average Bonchev–Trinajstić information content (AvgIpc) is 2.83. The minimum Gasteiger partial charge on any atom is -0.399 e. The molecule has 0 spiro atoms. The Kier molecular flexibility index (Phi) is 3.82. The van der Waals surface area contributed by atoms with Gasteiger partial charge in [-0.25, -0.2) is 12.8 Å². The summed E-state index contributed by atoms with van der Waals surface area (Å²) in [6.07, 6.45) is 1.77. The SMILES string of the molecule is CCC1CCN(S(=O)(=O)c2cc(N)cc(C)c2F)C1. The normalized spacial score (nSPS) is 20.9. The summed E-state index contributed by atoms with van der Waals surface area (Å²) in [7, 11) is -3.78. The molecule has 0 bridgehead atoms. The molecule has 19 heavy (non-hydrogen) atoms. The van der Waals surface area contributed by atoms with E-state index < -0.39 is 15.8 Å². The first-order valence-corrected chi connectivity index (χ1v) is 7.86. The molecule has 1 atom stereocenters. The molecule has 2 rings (SSSR count). The summed E-state index contributed by atoms with van der Waals surface area (Å²) in [4.78, 5) is -0.304.